The van der Waals surface area contributed by atoms with Crippen molar-refractivity contribution in [2.45, 2.75) is 45.2 Å². The van der Waals surface area contributed by atoms with E-state index in [1.807, 2.05) is 47.8 Å². The molecule has 6 rings (SSSR count). The number of ether oxygens (including phenoxy) is 1. The van der Waals surface area contributed by atoms with E-state index in [-0.39, 0.29) is 29.6 Å². The summed E-state index contributed by atoms with van der Waals surface area (Å²) in [5.74, 6) is -1.19. The van der Waals surface area contributed by atoms with Crippen molar-refractivity contribution in [3.8, 4) is 5.75 Å². The molecule has 3 heterocycles. The van der Waals surface area contributed by atoms with E-state index in [4.69, 9.17) is 9.39 Å². The third-order valence-corrected chi connectivity index (χ3v) is 9.61. The van der Waals surface area contributed by atoms with Crippen LogP contribution in [-0.4, -0.2) is 53.8 Å². The third kappa shape index (κ3) is 5.28. The number of phenols is 1. The lowest BCUT2D eigenvalue weighted by atomic mass is 9.58. The van der Waals surface area contributed by atoms with Crippen molar-refractivity contribution in [1.29, 1.82) is 0 Å². The molecule has 1 aromatic heterocycles. The second kappa shape index (κ2) is 11.6. The number of hydrogen-bond acceptors (Lipinski definition) is 7. The number of likely N-dealkylation sites (tertiary alicyclic amines) is 1. The molecule has 212 valence electrons. The predicted molar refractivity (Wildman–Crippen MR) is 160 cm³/mol. The first-order valence-electron chi connectivity index (χ1n) is 14.2. The number of aromatic hydroxyl groups is 1. The first-order chi connectivity index (χ1) is 19.9. The summed E-state index contributed by atoms with van der Waals surface area (Å²) in [6, 6.07) is 15.3. The summed E-state index contributed by atoms with van der Waals surface area (Å²) >= 11 is 1.54. The maximum absolute atomic E-state index is 13.7. The topological polar surface area (TPSA) is 96.3 Å². The van der Waals surface area contributed by atoms with Gasteiger partial charge in [0.05, 0.1) is 31.1 Å². The summed E-state index contributed by atoms with van der Waals surface area (Å²) in [6.45, 7) is 2.73. The van der Waals surface area contributed by atoms with Gasteiger partial charge >= 0.3 is 7.12 Å². The number of allylic oxidation sites excluding steroid dienone is 1. The Hall–Kier alpha value is -3.24. The van der Waals surface area contributed by atoms with Gasteiger partial charge in [0, 0.05) is 17.4 Å². The minimum Gasteiger partial charge on any atom is -0.507 e. The van der Waals surface area contributed by atoms with Crippen LogP contribution in [0.5, 0.6) is 5.75 Å². The van der Waals surface area contributed by atoms with Gasteiger partial charge < -0.3 is 19.5 Å². The van der Waals surface area contributed by atoms with Crippen molar-refractivity contribution in [3.05, 3.63) is 81.1 Å². The average Bonchev–Trinajstić information content (AvgIpc) is 3.56. The van der Waals surface area contributed by atoms with Crippen molar-refractivity contribution in [1.82, 2.24) is 4.90 Å². The highest BCUT2D eigenvalue weighted by Crippen LogP contribution is 2.51. The van der Waals surface area contributed by atoms with Crippen molar-refractivity contribution < 1.29 is 29.1 Å². The Kier molecular flexibility index (Phi) is 7.87. The Balaban J connectivity index is 1.26. The van der Waals surface area contributed by atoms with Crippen LogP contribution < -0.4 is 0 Å². The number of hydrogen-bond donors (Lipinski definition) is 2. The fourth-order valence-corrected chi connectivity index (χ4v) is 7.67. The predicted octanol–water partition coefficient (Wildman–Crippen LogP) is 5.43. The molecule has 2 fully saturated rings. The second-order valence-electron chi connectivity index (χ2n) is 11.3. The van der Waals surface area contributed by atoms with Crippen LogP contribution in [0.15, 0.2) is 70.6 Å². The molecule has 3 aromatic rings. The number of imide groups is 1. The number of carbonyl (C=O) groups is 2. The molecule has 7 nitrogen and oxygen atoms in total. The number of fused-ring (bicyclic) bond motifs is 4. The summed E-state index contributed by atoms with van der Waals surface area (Å²) in [7, 11) is 0.637. The molecular formula is C32H34BNO6S. The Morgan fingerprint density at radius 2 is 1.93 bits per heavy atom. The summed E-state index contributed by atoms with van der Waals surface area (Å²) in [6.07, 6.45) is 3.87. The molecule has 0 unspecified atom stereocenters. The van der Waals surface area contributed by atoms with Gasteiger partial charge in [-0.15, -0.1) is 11.3 Å². The number of amides is 2. The third-order valence-electron chi connectivity index (χ3n) is 8.75. The SMILES string of the molecule is COCC1=C2[C@@H](CC/C(C)=C/c3ccc(O)c4ccccc34)OB(O)C[C@@H]2[C@@H]2C(=O)N(Cc3cccs3)C(=O)[C@@H]2C1. The number of methoxy groups -OCH3 is 1. The molecule has 1 aliphatic carbocycles. The van der Waals surface area contributed by atoms with Gasteiger partial charge in [-0.05, 0) is 78.0 Å². The highest BCUT2D eigenvalue weighted by atomic mass is 32.1. The summed E-state index contributed by atoms with van der Waals surface area (Å²) in [5.41, 5.74) is 4.21. The van der Waals surface area contributed by atoms with E-state index >= 15 is 0 Å². The number of rotatable bonds is 8. The molecule has 9 heteroatoms. The highest BCUT2D eigenvalue weighted by Gasteiger charge is 2.57. The fourth-order valence-electron chi connectivity index (χ4n) is 6.98. The average molecular weight is 572 g/mol. The van der Waals surface area contributed by atoms with Gasteiger partial charge in [0.15, 0.2) is 0 Å². The number of carbonyl (C=O) groups excluding carboxylic acids is 2. The number of nitrogens with zero attached hydrogens (tertiary/aromatic N) is 1. The number of phenolic OH excluding ortho intramolecular Hbond substituents is 1. The molecular weight excluding hydrogens is 537 g/mol. The van der Waals surface area contributed by atoms with Gasteiger partial charge in [0.25, 0.3) is 0 Å². The van der Waals surface area contributed by atoms with Crippen LogP contribution in [-0.2, 0) is 25.5 Å². The molecule has 3 aliphatic rings. The van der Waals surface area contributed by atoms with Gasteiger partial charge in [0.1, 0.15) is 5.75 Å². The van der Waals surface area contributed by atoms with Crippen LogP contribution in [0.1, 0.15) is 36.6 Å². The van der Waals surface area contributed by atoms with E-state index in [0.29, 0.717) is 38.7 Å². The minimum atomic E-state index is -1.00. The fraction of sp³-hybridized carbons (Fsp3) is 0.375. The smallest absolute Gasteiger partial charge is 0.455 e. The quantitative estimate of drug-likeness (QED) is 0.213. The number of thiophene rings is 1. The lowest BCUT2D eigenvalue weighted by Gasteiger charge is -2.43. The first kappa shape index (κ1) is 27.9. The Labute approximate surface area is 244 Å². The summed E-state index contributed by atoms with van der Waals surface area (Å²) in [5, 5.41) is 24.8. The van der Waals surface area contributed by atoms with Gasteiger partial charge in [0.2, 0.25) is 11.8 Å². The standard InChI is InChI=1S/C32H34BNO6S/c1-19(14-20-10-11-27(35)24-8-4-3-7-23(20)24)9-12-28-29-21(18-39-2)15-25-30(26(29)16-33(38)40-28)32(37)34(31(25)36)17-22-6-5-13-41-22/h3-8,10-11,13-14,25-26,28,30,35,38H,9,12,15-18H2,1-2H3/b19-14+/t25-,26+,28-,30-/m1/s1. The van der Waals surface area contributed by atoms with Gasteiger partial charge in [-0.3, -0.25) is 14.5 Å². The van der Waals surface area contributed by atoms with Crippen LogP contribution in [0, 0.1) is 17.8 Å². The molecule has 2 N–H and O–H groups in total. The monoisotopic (exact) mass is 571 g/mol. The van der Waals surface area contributed by atoms with Gasteiger partial charge in [-0.25, -0.2) is 0 Å². The Morgan fingerprint density at radius 3 is 2.68 bits per heavy atom. The molecule has 0 radical (unpaired) electrons. The largest absolute Gasteiger partial charge is 0.507 e. The minimum absolute atomic E-state index is 0.126. The van der Waals surface area contributed by atoms with Gasteiger partial charge in [-0.2, -0.15) is 0 Å². The molecule has 2 aromatic carbocycles. The lowest BCUT2D eigenvalue weighted by molar-refractivity contribution is -0.140. The molecule has 4 atom stereocenters. The van der Waals surface area contributed by atoms with Gasteiger partial charge in [-0.1, -0.05) is 48.0 Å². The molecule has 0 spiro atoms. The molecule has 2 amide bonds. The Bertz CT molecular complexity index is 1530. The van der Waals surface area contributed by atoms with Crippen LogP contribution >= 0.6 is 11.3 Å². The molecule has 2 aliphatic heterocycles. The zero-order chi connectivity index (χ0) is 28.7. The van der Waals surface area contributed by atoms with E-state index in [2.05, 4.69) is 13.0 Å². The van der Waals surface area contributed by atoms with Crippen molar-refractivity contribution in [2.75, 3.05) is 13.7 Å². The molecule has 41 heavy (non-hydrogen) atoms. The summed E-state index contributed by atoms with van der Waals surface area (Å²) in [4.78, 5) is 29.6. The zero-order valence-electron chi connectivity index (χ0n) is 23.3. The van der Waals surface area contributed by atoms with E-state index in [1.165, 1.54) is 16.2 Å². The number of benzene rings is 2. The van der Waals surface area contributed by atoms with Crippen LogP contribution in [0.3, 0.4) is 0 Å². The molecule has 2 saturated heterocycles. The van der Waals surface area contributed by atoms with E-state index in [9.17, 15) is 19.7 Å². The maximum atomic E-state index is 13.7. The zero-order valence-corrected chi connectivity index (χ0v) is 24.1. The first-order valence-corrected chi connectivity index (χ1v) is 15.0. The van der Waals surface area contributed by atoms with E-state index in [1.54, 1.807) is 13.2 Å². The normalized spacial score (nSPS) is 24.8. The second-order valence-corrected chi connectivity index (χ2v) is 12.4. The van der Waals surface area contributed by atoms with Crippen molar-refractivity contribution in [3.63, 3.8) is 0 Å². The van der Waals surface area contributed by atoms with Crippen LogP contribution in [0.4, 0.5) is 0 Å². The highest BCUT2D eigenvalue weighted by molar-refractivity contribution is 7.09. The van der Waals surface area contributed by atoms with E-state index < -0.39 is 19.0 Å². The lowest BCUT2D eigenvalue weighted by Crippen LogP contribution is -2.46. The van der Waals surface area contributed by atoms with E-state index in [0.717, 1.165) is 37.9 Å². The van der Waals surface area contributed by atoms with Crippen molar-refractivity contribution >= 4 is 47.1 Å². The molecule has 0 saturated carbocycles. The van der Waals surface area contributed by atoms with Crippen LogP contribution in [0.2, 0.25) is 6.32 Å². The molecule has 0 bridgehead atoms. The maximum Gasteiger partial charge on any atom is 0.455 e. The summed E-state index contributed by atoms with van der Waals surface area (Å²) < 4.78 is 11.7. The van der Waals surface area contributed by atoms with Crippen LogP contribution in [0.25, 0.3) is 16.8 Å². The van der Waals surface area contributed by atoms with Crippen molar-refractivity contribution in [2.24, 2.45) is 17.8 Å². The Morgan fingerprint density at radius 1 is 1.12 bits per heavy atom.